The van der Waals surface area contributed by atoms with Crippen LogP contribution >= 0.6 is 0 Å². The zero-order valence-electron chi connectivity index (χ0n) is 11.0. The molecule has 0 aromatic heterocycles. The second-order valence-electron chi connectivity index (χ2n) is 4.06. The van der Waals surface area contributed by atoms with Crippen molar-refractivity contribution in [2.24, 2.45) is 0 Å². The van der Waals surface area contributed by atoms with Gasteiger partial charge in [0.15, 0.2) is 0 Å². The predicted octanol–water partition coefficient (Wildman–Crippen LogP) is 3.40. The van der Waals surface area contributed by atoms with Gasteiger partial charge in [-0.05, 0) is 49.4 Å². The van der Waals surface area contributed by atoms with Crippen molar-refractivity contribution in [3.8, 4) is 11.8 Å². The zero-order chi connectivity index (χ0) is 14.4. The number of hydrogen-bond donors (Lipinski definition) is 0. The summed E-state index contributed by atoms with van der Waals surface area (Å²) in [5.41, 5.74) is 1.85. The van der Waals surface area contributed by atoms with Crippen molar-refractivity contribution in [3.05, 3.63) is 71.0 Å². The van der Waals surface area contributed by atoms with Gasteiger partial charge in [-0.25, -0.2) is 9.18 Å². The van der Waals surface area contributed by atoms with Crippen LogP contribution in [0.4, 0.5) is 4.39 Å². The van der Waals surface area contributed by atoms with Crippen LogP contribution in [0, 0.1) is 17.7 Å². The fourth-order valence-corrected chi connectivity index (χ4v) is 1.61. The summed E-state index contributed by atoms with van der Waals surface area (Å²) in [6.07, 6.45) is 0. The molecule has 0 aliphatic carbocycles. The van der Waals surface area contributed by atoms with Crippen LogP contribution in [0.25, 0.3) is 0 Å². The molecule has 0 saturated heterocycles. The molecule has 0 amide bonds. The number of halogens is 1. The third-order valence-corrected chi connectivity index (χ3v) is 2.57. The summed E-state index contributed by atoms with van der Waals surface area (Å²) < 4.78 is 17.9. The first kappa shape index (κ1) is 13.8. The molecule has 2 nitrogen and oxygen atoms in total. The monoisotopic (exact) mass is 268 g/mol. The molecule has 20 heavy (non-hydrogen) atoms. The van der Waals surface area contributed by atoms with Crippen LogP contribution < -0.4 is 0 Å². The predicted molar refractivity (Wildman–Crippen MR) is 74.8 cm³/mol. The maximum atomic E-state index is 13.0. The van der Waals surface area contributed by atoms with E-state index in [1.165, 1.54) is 12.1 Å². The number of carbonyl (C=O) groups is 1. The minimum atomic E-state index is -0.350. The summed E-state index contributed by atoms with van der Waals surface area (Å²) in [6, 6.07) is 12.9. The molecule has 0 bridgehead atoms. The van der Waals surface area contributed by atoms with Gasteiger partial charge in [0.2, 0.25) is 0 Å². The number of ether oxygens (including phenoxy) is 1. The molecule has 0 N–H and O–H groups in total. The lowest BCUT2D eigenvalue weighted by Crippen LogP contribution is -2.04. The smallest absolute Gasteiger partial charge is 0.338 e. The highest BCUT2D eigenvalue weighted by atomic mass is 19.1. The first-order valence-electron chi connectivity index (χ1n) is 6.24. The zero-order valence-corrected chi connectivity index (χ0v) is 11.0. The molecule has 100 valence electrons. The number of carbonyl (C=O) groups excluding carboxylic acids is 1. The van der Waals surface area contributed by atoms with Crippen LogP contribution in [0.2, 0.25) is 0 Å². The largest absolute Gasteiger partial charge is 0.462 e. The lowest BCUT2D eigenvalue weighted by atomic mass is 10.1. The molecule has 2 aromatic rings. The van der Waals surface area contributed by atoms with Crippen LogP contribution in [-0.2, 0) is 4.74 Å². The Hall–Kier alpha value is -2.60. The Bertz CT molecular complexity index is 663. The molecule has 0 heterocycles. The highest BCUT2D eigenvalue weighted by Gasteiger charge is 2.04. The molecule has 2 aromatic carbocycles. The van der Waals surface area contributed by atoms with Gasteiger partial charge in [-0.15, -0.1) is 0 Å². The standard InChI is InChI=1S/C17H13FO2/c1-2-20-17(19)15-10-8-13(9-11-15)6-7-14-4-3-5-16(18)12-14/h3-5,8-12H,2H2,1H3. The van der Waals surface area contributed by atoms with Gasteiger partial charge >= 0.3 is 5.97 Å². The van der Waals surface area contributed by atoms with Crippen molar-refractivity contribution < 1.29 is 13.9 Å². The van der Waals surface area contributed by atoms with Gasteiger partial charge in [0.05, 0.1) is 12.2 Å². The molecule has 0 aliphatic rings. The Morgan fingerprint density at radius 3 is 2.45 bits per heavy atom. The minimum absolute atomic E-state index is 0.311. The minimum Gasteiger partial charge on any atom is -0.462 e. The first-order valence-corrected chi connectivity index (χ1v) is 6.24. The van der Waals surface area contributed by atoms with Gasteiger partial charge in [0.1, 0.15) is 5.82 Å². The molecule has 0 saturated carbocycles. The van der Waals surface area contributed by atoms with E-state index in [0.717, 1.165) is 5.56 Å². The summed E-state index contributed by atoms with van der Waals surface area (Å²) in [4.78, 5) is 11.5. The number of hydrogen-bond acceptors (Lipinski definition) is 2. The number of benzene rings is 2. The summed E-state index contributed by atoms with van der Waals surface area (Å²) in [5, 5.41) is 0. The van der Waals surface area contributed by atoms with Crippen LogP contribution in [0.1, 0.15) is 28.4 Å². The van der Waals surface area contributed by atoms with Gasteiger partial charge in [0, 0.05) is 11.1 Å². The van der Waals surface area contributed by atoms with Crippen molar-refractivity contribution >= 4 is 5.97 Å². The highest BCUT2D eigenvalue weighted by molar-refractivity contribution is 5.89. The Morgan fingerprint density at radius 1 is 1.10 bits per heavy atom. The van der Waals surface area contributed by atoms with Gasteiger partial charge in [-0.3, -0.25) is 0 Å². The maximum absolute atomic E-state index is 13.0. The second-order valence-corrected chi connectivity index (χ2v) is 4.06. The Labute approximate surface area is 117 Å². The second kappa shape index (κ2) is 6.53. The van der Waals surface area contributed by atoms with E-state index in [0.29, 0.717) is 17.7 Å². The summed E-state index contributed by atoms with van der Waals surface area (Å²) >= 11 is 0. The fourth-order valence-electron chi connectivity index (χ4n) is 1.61. The quantitative estimate of drug-likeness (QED) is 0.616. The Kier molecular flexibility index (Phi) is 4.52. The van der Waals surface area contributed by atoms with E-state index in [1.807, 2.05) is 0 Å². The molecule has 0 aliphatic heterocycles. The molecule has 0 fully saturated rings. The topological polar surface area (TPSA) is 26.3 Å². The average Bonchev–Trinajstić information content (AvgIpc) is 2.46. The SMILES string of the molecule is CCOC(=O)c1ccc(C#Cc2cccc(F)c2)cc1. The van der Waals surface area contributed by atoms with Crippen LogP contribution in [0.5, 0.6) is 0 Å². The Balaban J connectivity index is 2.14. The van der Waals surface area contributed by atoms with Gasteiger partial charge in [0.25, 0.3) is 0 Å². The normalized spacial score (nSPS) is 9.50. The maximum Gasteiger partial charge on any atom is 0.338 e. The van der Waals surface area contributed by atoms with Crippen LogP contribution in [0.3, 0.4) is 0 Å². The van der Waals surface area contributed by atoms with Crippen molar-refractivity contribution in [1.82, 2.24) is 0 Å². The van der Waals surface area contributed by atoms with Gasteiger partial charge in [-0.1, -0.05) is 17.9 Å². The third-order valence-electron chi connectivity index (χ3n) is 2.57. The Morgan fingerprint density at radius 2 is 1.80 bits per heavy atom. The third kappa shape index (κ3) is 3.69. The average molecular weight is 268 g/mol. The lowest BCUT2D eigenvalue weighted by molar-refractivity contribution is 0.0526. The number of rotatable bonds is 2. The van der Waals surface area contributed by atoms with Crippen molar-refractivity contribution in [3.63, 3.8) is 0 Å². The van der Waals surface area contributed by atoms with Gasteiger partial charge in [-0.2, -0.15) is 0 Å². The van der Waals surface area contributed by atoms with E-state index in [2.05, 4.69) is 11.8 Å². The lowest BCUT2D eigenvalue weighted by Gasteiger charge is -2.00. The van der Waals surface area contributed by atoms with Crippen LogP contribution in [-0.4, -0.2) is 12.6 Å². The molecule has 3 heteroatoms. The van der Waals surface area contributed by atoms with E-state index in [1.54, 1.807) is 43.3 Å². The molecule has 0 spiro atoms. The summed E-state index contributed by atoms with van der Waals surface area (Å²) in [5.74, 6) is 5.13. The van der Waals surface area contributed by atoms with Gasteiger partial charge < -0.3 is 4.74 Å². The van der Waals surface area contributed by atoms with E-state index in [9.17, 15) is 9.18 Å². The molecule has 0 unspecified atom stereocenters. The van der Waals surface area contributed by atoms with Crippen LogP contribution in [0.15, 0.2) is 48.5 Å². The van der Waals surface area contributed by atoms with Crippen molar-refractivity contribution in [2.45, 2.75) is 6.92 Å². The molecular weight excluding hydrogens is 255 g/mol. The molecule has 0 radical (unpaired) electrons. The first-order chi connectivity index (χ1) is 9.69. The number of esters is 1. The highest BCUT2D eigenvalue weighted by Crippen LogP contribution is 2.06. The van der Waals surface area contributed by atoms with Crippen molar-refractivity contribution in [1.29, 1.82) is 0 Å². The molecular formula is C17H13FO2. The summed E-state index contributed by atoms with van der Waals surface area (Å²) in [6.45, 7) is 2.11. The van der Waals surface area contributed by atoms with E-state index in [-0.39, 0.29) is 11.8 Å². The van der Waals surface area contributed by atoms with E-state index in [4.69, 9.17) is 4.74 Å². The van der Waals surface area contributed by atoms with E-state index < -0.39 is 0 Å². The fraction of sp³-hybridized carbons (Fsp3) is 0.118. The summed E-state index contributed by atoms with van der Waals surface area (Å²) in [7, 11) is 0. The van der Waals surface area contributed by atoms with E-state index >= 15 is 0 Å². The molecule has 2 rings (SSSR count). The molecule has 0 atom stereocenters. The van der Waals surface area contributed by atoms with Crippen molar-refractivity contribution in [2.75, 3.05) is 6.61 Å².